The Morgan fingerprint density at radius 2 is 1.76 bits per heavy atom. The number of hydrogen-bond donors (Lipinski definition) is 3. The molecule has 2 aromatic rings. The number of ether oxygens (including phenoxy) is 2. The van der Waals surface area contributed by atoms with Gasteiger partial charge in [0.25, 0.3) is 0 Å². The summed E-state index contributed by atoms with van der Waals surface area (Å²) in [5, 5.41) is 20.8. The van der Waals surface area contributed by atoms with Gasteiger partial charge in [-0.25, -0.2) is 18.0 Å². The summed E-state index contributed by atoms with van der Waals surface area (Å²) in [6, 6.07) is 7.17. The first-order chi connectivity index (χ1) is 15.6. The summed E-state index contributed by atoms with van der Waals surface area (Å²) in [6.45, 7) is 0.613. The minimum absolute atomic E-state index is 0.0737. The molecular weight excluding hydrogens is 443 g/mol. The highest BCUT2D eigenvalue weighted by Crippen LogP contribution is 2.46. The van der Waals surface area contributed by atoms with Gasteiger partial charge in [0.2, 0.25) is 5.91 Å². The van der Waals surface area contributed by atoms with E-state index < -0.39 is 53.7 Å². The first-order valence-electron chi connectivity index (χ1n) is 10.3. The first kappa shape index (κ1) is 24.5. The Hall–Kier alpha value is -3.11. The fourth-order valence-electron chi connectivity index (χ4n) is 3.92. The molecule has 3 rings (SSSR count). The Kier molecular flexibility index (Phi) is 7.60. The maximum Gasteiger partial charge on any atom is 0.341 e. The van der Waals surface area contributed by atoms with Crippen LogP contribution >= 0.6 is 0 Å². The van der Waals surface area contributed by atoms with Crippen LogP contribution in [0.5, 0.6) is 5.75 Å². The number of aliphatic hydroxyl groups excluding tert-OH is 1. The Labute approximate surface area is 188 Å². The molecule has 0 unspecified atom stereocenters. The second-order valence-electron chi connectivity index (χ2n) is 8.14. The minimum Gasteiger partial charge on any atom is -0.481 e. The fraction of sp³-hybridized carbons (Fsp3) is 0.391. The molecule has 1 heterocycles. The Bertz CT molecular complexity index is 1020. The van der Waals surface area contributed by atoms with Gasteiger partial charge in [-0.3, -0.25) is 4.79 Å². The monoisotopic (exact) mass is 467 g/mol. The van der Waals surface area contributed by atoms with Gasteiger partial charge in [0.15, 0.2) is 18.2 Å². The summed E-state index contributed by atoms with van der Waals surface area (Å²) in [5.74, 6) is -4.76. The minimum atomic E-state index is -1.31. The maximum atomic E-state index is 14.1. The molecule has 0 aromatic heterocycles. The van der Waals surface area contributed by atoms with E-state index >= 15 is 0 Å². The zero-order valence-corrected chi connectivity index (χ0v) is 17.8. The van der Waals surface area contributed by atoms with Gasteiger partial charge in [0.05, 0.1) is 18.8 Å². The molecule has 0 bridgehead atoms. The molecule has 3 N–H and O–H groups in total. The molecule has 1 saturated heterocycles. The maximum absolute atomic E-state index is 14.1. The van der Waals surface area contributed by atoms with Crippen molar-refractivity contribution in [1.82, 2.24) is 5.32 Å². The van der Waals surface area contributed by atoms with Crippen molar-refractivity contribution in [3.05, 3.63) is 65.0 Å². The number of aliphatic carboxylic acids is 1. The Balaban J connectivity index is 2.00. The van der Waals surface area contributed by atoms with Crippen LogP contribution in [0.4, 0.5) is 13.2 Å². The highest BCUT2D eigenvalue weighted by Gasteiger charge is 2.41. The van der Waals surface area contributed by atoms with E-state index in [1.165, 1.54) is 24.3 Å². The number of carboxylic acid groups (broad SMARTS) is 1. The van der Waals surface area contributed by atoms with Gasteiger partial charge in [0.1, 0.15) is 11.6 Å². The topological polar surface area (TPSA) is 105 Å². The average molecular weight is 467 g/mol. The van der Waals surface area contributed by atoms with E-state index in [9.17, 15) is 22.8 Å². The zero-order chi connectivity index (χ0) is 24.2. The van der Waals surface area contributed by atoms with E-state index in [0.717, 1.165) is 12.1 Å². The van der Waals surface area contributed by atoms with Crippen LogP contribution in [0.1, 0.15) is 49.5 Å². The van der Waals surface area contributed by atoms with Crippen molar-refractivity contribution >= 4 is 11.9 Å². The van der Waals surface area contributed by atoms with Crippen LogP contribution in [-0.2, 0) is 14.3 Å². The van der Waals surface area contributed by atoms with Gasteiger partial charge in [-0.2, -0.15) is 0 Å². The molecule has 1 aliphatic heterocycles. The summed E-state index contributed by atoms with van der Waals surface area (Å²) in [5.41, 5.74) is -0.229. The van der Waals surface area contributed by atoms with Crippen LogP contribution in [0.25, 0.3) is 0 Å². The lowest BCUT2D eigenvalue weighted by atomic mass is 9.81. The average Bonchev–Trinajstić information content (AvgIpc) is 2.74. The van der Waals surface area contributed by atoms with E-state index in [0.29, 0.717) is 5.56 Å². The number of carboxylic acids is 1. The van der Waals surface area contributed by atoms with E-state index in [4.69, 9.17) is 19.7 Å². The Morgan fingerprint density at radius 1 is 1.12 bits per heavy atom. The van der Waals surface area contributed by atoms with Gasteiger partial charge >= 0.3 is 5.97 Å². The zero-order valence-electron chi connectivity index (χ0n) is 17.8. The van der Waals surface area contributed by atoms with Gasteiger partial charge in [-0.1, -0.05) is 12.1 Å². The molecule has 2 aromatic carbocycles. The molecular formula is C23H24F3NO6. The number of aliphatic hydroxyl groups is 1. The first-order valence-corrected chi connectivity index (χ1v) is 10.3. The quantitative estimate of drug-likeness (QED) is 0.550. The number of rotatable bonds is 8. The molecule has 178 valence electrons. The number of carbonyl (C=O) groups excluding carboxylic acids is 1. The molecule has 0 radical (unpaired) electrons. The summed E-state index contributed by atoms with van der Waals surface area (Å²) >= 11 is 0. The third-order valence-corrected chi connectivity index (χ3v) is 5.37. The normalized spacial score (nSPS) is 22.6. The summed E-state index contributed by atoms with van der Waals surface area (Å²) < 4.78 is 52.8. The molecule has 33 heavy (non-hydrogen) atoms. The van der Waals surface area contributed by atoms with E-state index in [1.54, 1.807) is 6.92 Å². The smallest absolute Gasteiger partial charge is 0.341 e. The van der Waals surface area contributed by atoms with Crippen LogP contribution in [0.3, 0.4) is 0 Å². The van der Waals surface area contributed by atoms with Crippen LogP contribution in [0.15, 0.2) is 36.4 Å². The largest absolute Gasteiger partial charge is 0.481 e. The lowest BCUT2D eigenvalue weighted by Gasteiger charge is -2.43. The van der Waals surface area contributed by atoms with Gasteiger partial charge in [-0.05, 0) is 30.7 Å². The number of nitrogens with one attached hydrogen (secondary N) is 1. The third-order valence-electron chi connectivity index (χ3n) is 5.37. The van der Waals surface area contributed by atoms with Crippen LogP contribution in [0.2, 0.25) is 0 Å². The van der Waals surface area contributed by atoms with Crippen molar-refractivity contribution in [2.75, 3.05) is 13.2 Å². The summed E-state index contributed by atoms with van der Waals surface area (Å²) in [7, 11) is 0. The summed E-state index contributed by atoms with van der Waals surface area (Å²) in [6.07, 6.45) is -1.31. The van der Waals surface area contributed by atoms with Gasteiger partial charge in [-0.15, -0.1) is 0 Å². The number of amides is 1. The molecule has 7 nitrogen and oxygen atoms in total. The molecule has 0 spiro atoms. The van der Waals surface area contributed by atoms with E-state index in [-0.39, 0.29) is 37.2 Å². The number of benzene rings is 2. The lowest BCUT2D eigenvalue weighted by Crippen LogP contribution is -2.51. The number of hydrogen-bond acceptors (Lipinski definition) is 5. The molecule has 10 heteroatoms. The van der Waals surface area contributed by atoms with Crippen molar-refractivity contribution in [3.63, 3.8) is 0 Å². The SMILES string of the molecule is C[C@@]1(NC(=O)CCO)C[C@@H](c2ccc(F)cc2)O[C@@H](c2cc(F)c(F)cc2OCC(=O)O)C1. The van der Waals surface area contributed by atoms with Crippen molar-refractivity contribution in [3.8, 4) is 5.75 Å². The molecule has 0 aliphatic carbocycles. The van der Waals surface area contributed by atoms with Gasteiger partial charge in [0, 0.05) is 36.4 Å². The third kappa shape index (κ3) is 6.23. The van der Waals surface area contributed by atoms with Crippen LogP contribution in [0, 0.1) is 17.5 Å². The second kappa shape index (κ2) is 10.2. The van der Waals surface area contributed by atoms with E-state index in [1.807, 2.05) is 0 Å². The predicted molar refractivity (Wildman–Crippen MR) is 110 cm³/mol. The molecule has 1 aliphatic rings. The molecule has 1 fully saturated rings. The van der Waals surface area contributed by atoms with Gasteiger partial charge < -0.3 is 25.0 Å². The predicted octanol–water partition coefficient (Wildman–Crippen LogP) is 3.42. The molecule has 0 saturated carbocycles. The molecule has 1 amide bonds. The summed E-state index contributed by atoms with van der Waals surface area (Å²) in [4.78, 5) is 23.2. The van der Waals surface area contributed by atoms with Crippen molar-refractivity contribution in [1.29, 1.82) is 0 Å². The van der Waals surface area contributed by atoms with Crippen molar-refractivity contribution in [2.45, 2.75) is 43.9 Å². The Morgan fingerprint density at radius 3 is 2.39 bits per heavy atom. The highest BCUT2D eigenvalue weighted by molar-refractivity contribution is 5.76. The lowest BCUT2D eigenvalue weighted by molar-refractivity contribution is -0.139. The van der Waals surface area contributed by atoms with Crippen molar-refractivity contribution in [2.24, 2.45) is 0 Å². The van der Waals surface area contributed by atoms with Crippen LogP contribution in [-0.4, -0.2) is 40.8 Å². The fourth-order valence-corrected chi connectivity index (χ4v) is 3.92. The number of halogens is 3. The highest BCUT2D eigenvalue weighted by atomic mass is 19.2. The van der Waals surface area contributed by atoms with E-state index in [2.05, 4.69) is 5.32 Å². The molecule has 3 atom stereocenters. The second-order valence-corrected chi connectivity index (χ2v) is 8.14. The van der Waals surface area contributed by atoms with Crippen LogP contribution < -0.4 is 10.1 Å². The number of carbonyl (C=O) groups is 2. The standard InChI is InChI=1S/C23H24F3NO6/c1-23(27-21(29)6-7-28)10-19(13-2-4-14(24)5-3-13)33-20(11-23)15-8-16(25)17(26)9-18(15)32-12-22(30)31/h2-5,8-9,19-20,28H,6-7,10-12H2,1H3,(H,27,29)(H,30,31)/t19-,20+,23+/m0/s1. The van der Waals surface area contributed by atoms with Crippen molar-refractivity contribution < 1.29 is 42.4 Å².